The maximum absolute atomic E-state index is 10.9. The molecule has 0 amide bonds. The molecule has 22 heavy (non-hydrogen) atoms. The van der Waals surface area contributed by atoms with E-state index in [1.807, 2.05) is 13.8 Å². The lowest BCUT2D eigenvalue weighted by Crippen LogP contribution is -2.47. The SMILES string of the molecule is CC(C)C(O[Si](C)(C)C(C)(C)C)C(O)c1c(Cl)cccc1Cl. The first-order valence-electron chi connectivity index (χ1n) is 7.68. The van der Waals surface area contributed by atoms with E-state index in [9.17, 15) is 5.11 Å². The average Bonchev–Trinajstić information content (AvgIpc) is 2.33. The monoisotopic (exact) mass is 362 g/mol. The van der Waals surface area contributed by atoms with E-state index in [2.05, 4.69) is 33.9 Å². The standard InChI is InChI=1S/C17H28Cl2O2Si/c1-11(2)16(21-22(6,7)17(3,4)5)15(20)14-12(18)9-8-10-13(14)19/h8-11,15-16,20H,1-7H3. The molecule has 2 atom stereocenters. The minimum atomic E-state index is -2.01. The van der Waals surface area contributed by atoms with E-state index >= 15 is 0 Å². The van der Waals surface area contributed by atoms with Gasteiger partial charge in [-0.05, 0) is 36.2 Å². The highest BCUT2D eigenvalue weighted by Gasteiger charge is 2.42. The Labute approximate surface area is 145 Å². The summed E-state index contributed by atoms with van der Waals surface area (Å²) in [5, 5.41) is 11.9. The highest BCUT2D eigenvalue weighted by molar-refractivity contribution is 6.74. The molecular formula is C17H28Cl2O2Si. The van der Waals surface area contributed by atoms with E-state index in [1.54, 1.807) is 18.2 Å². The zero-order valence-corrected chi connectivity index (χ0v) is 17.1. The third-order valence-electron chi connectivity index (χ3n) is 4.50. The van der Waals surface area contributed by atoms with Crippen molar-refractivity contribution in [3.05, 3.63) is 33.8 Å². The number of hydrogen-bond acceptors (Lipinski definition) is 2. The van der Waals surface area contributed by atoms with Crippen LogP contribution in [0, 0.1) is 5.92 Å². The van der Waals surface area contributed by atoms with E-state index < -0.39 is 14.4 Å². The van der Waals surface area contributed by atoms with Crippen LogP contribution in [-0.4, -0.2) is 19.5 Å². The van der Waals surface area contributed by atoms with Crippen LogP contribution in [0.25, 0.3) is 0 Å². The maximum atomic E-state index is 10.9. The van der Waals surface area contributed by atoms with Crippen molar-refractivity contribution in [2.45, 2.75) is 65.0 Å². The van der Waals surface area contributed by atoms with Gasteiger partial charge in [-0.1, -0.05) is 63.9 Å². The summed E-state index contributed by atoms with van der Waals surface area (Å²) in [6.07, 6.45) is -1.17. The van der Waals surface area contributed by atoms with Gasteiger partial charge in [-0.25, -0.2) is 0 Å². The van der Waals surface area contributed by atoms with Crippen molar-refractivity contribution >= 4 is 31.5 Å². The molecule has 1 N–H and O–H groups in total. The molecule has 1 rings (SSSR count). The van der Waals surface area contributed by atoms with E-state index in [0.29, 0.717) is 15.6 Å². The molecule has 126 valence electrons. The van der Waals surface area contributed by atoms with E-state index in [0.717, 1.165) is 0 Å². The van der Waals surface area contributed by atoms with Crippen LogP contribution in [0.5, 0.6) is 0 Å². The summed E-state index contributed by atoms with van der Waals surface area (Å²) in [5.41, 5.74) is 0.559. The Bertz CT molecular complexity index is 490. The number of aliphatic hydroxyl groups excluding tert-OH is 1. The fourth-order valence-electron chi connectivity index (χ4n) is 2.04. The summed E-state index contributed by atoms with van der Waals surface area (Å²) in [4.78, 5) is 0. The van der Waals surface area contributed by atoms with Crippen LogP contribution in [0.15, 0.2) is 18.2 Å². The molecule has 0 saturated heterocycles. The Morgan fingerprint density at radius 2 is 1.55 bits per heavy atom. The molecule has 0 aliphatic carbocycles. The zero-order valence-electron chi connectivity index (χ0n) is 14.6. The molecule has 0 spiro atoms. The second kappa shape index (κ2) is 7.23. The summed E-state index contributed by atoms with van der Waals surface area (Å²) in [7, 11) is -2.01. The van der Waals surface area contributed by atoms with Crippen molar-refractivity contribution in [2.24, 2.45) is 5.92 Å². The lowest BCUT2D eigenvalue weighted by molar-refractivity contribution is -0.000749. The topological polar surface area (TPSA) is 29.5 Å². The number of rotatable bonds is 5. The highest BCUT2D eigenvalue weighted by Crippen LogP contribution is 2.41. The Morgan fingerprint density at radius 3 is 1.91 bits per heavy atom. The molecule has 0 radical (unpaired) electrons. The lowest BCUT2D eigenvalue weighted by atomic mass is 9.96. The van der Waals surface area contributed by atoms with Crippen molar-refractivity contribution in [1.29, 1.82) is 0 Å². The summed E-state index contributed by atoms with van der Waals surface area (Å²) < 4.78 is 6.46. The van der Waals surface area contributed by atoms with Crippen LogP contribution in [0.3, 0.4) is 0 Å². The molecule has 0 aromatic heterocycles. The summed E-state index contributed by atoms with van der Waals surface area (Å²) in [6, 6.07) is 5.27. The van der Waals surface area contributed by atoms with Gasteiger partial charge in [0.25, 0.3) is 0 Å². The third-order valence-corrected chi connectivity index (χ3v) is 9.63. The molecule has 0 saturated carbocycles. The van der Waals surface area contributed by atoms with Crippen LogP contribution in [0.2, 0.25) is 28.2 Å². The predicted octanol–water partition coefficient (Wildman–Crippen LogP) is 6.07. The Hall–Kier alpha value is -0.0631. The van der Waals surface area contributed by atoms with Crippen LogP contribution in [0.1, 0.15) is 46.3 Å². The second-order valence-electron chi connectivity index (χ2n) is 7.67. The van der Waals surface area contributed by atoms with Gasteiger partial charge in [-0.2, -0.15) is 0 Å². The van der Waals surface area contributed by atoms with Crippen molar-refractivity contribution in [1.82, 2.24) is 0 Å². The van der Waals surface area contributed by atoms with E-state index in [1.165, 1.54) is 0 Å². The molecule has 1 aromatic rings. The number of halogens is 2. The molecule has 0 aliphatic rings. The van der Waals surface area contributed by atoms with Gasteiger partial charge >= 0.3 is 0 Å². The fraction of sp³-hybridized carbons (Fsp3) is 0.647. The molecule has 2 nitrogen and oxygen atoms in total. The van der Waals surface area contributed by atoms with Crippen molar-refractivity contribution in [2.75, 3.05) is 0 Å². The minimum Gasteiger partial charge on any atom is -0.411 e. The van der Waals surface area contributed by atoms with Gasteiger partial charge in [0.15, 0.2) is 8.32 Å². The first-order chi connectivity index (χ1) is 9.88. The van der Waals surface area contributed by atoms with Crippen LogP contribution < -0.4 is 0 Å². The molecule has 0 aliphatic heterocycles. The predicted molar refractivity (Wildman–Crippen MR) is 98.3 cm³/mol. The zero-order chi connectivity index (χ0) is 17.3. The normalized spacial score (nSPS) is 16.0. The van der Waals surface area contributed by atoms with E-state index in [4.69, 9.17) is 27.6 Å². The third kappa shape index (κ3) is 4.48. The molecule has 0 bridgehead atoms. The highest BCUT2D eigenvalue weighted by atomic mass is 35.5. The second-order valence-corrected chi connectivity index (χ2v) is 13.2. The molecular weight excluding hydrogens is 335 g/mol. The summed E-state index contributed by atoms with van der Waals surface area (Å²) in [6.45, 7) is 15.0. The number of hydrogen-bond donors (Lipinski definition) is 1. The Balaban J connectivity index is 3.17. The van der Waals surface area contributed by atoms with Crippen molar-refractivity contribution in [3.63, 3.8) is 0 Å². The fourth-order valence-corrected chi connectivity index (χ4v) is 4.10. The first kappa shape index (κ1) is 20.0. The van der Waals surface area contributed by atoms with Crippen molar-refractivity contribution in [3.8, 4) is 0 Å². The molecule has 0 heterocycles. The number of benzene rings is 1. The maximum Gasteiger partial charge on any atom is 0.192 e. The van der Waals surface area contributed by atoms with Gasteiger partial charge in [-0.3, -0.25) is 0 Å². The smallest absolute Gasteiger partial charge is 0.192 e. The Kier molecular flexibility index (Phi) is 6.56. The van der Waals surface area contributed by atoms with Gasteiger partial charge in [0.2, 0.25) is 0 Å². The molecule has 5 heteroatoms. The largest absolute Gasteiger partial charge is 0.411 e. The number of aliphatic hydroxyl groups is 1. The van der Waals surface area contributed by atoms with Gasteiger partial charge in [-0.15, -0.1) is 0 Å². The molecule has 2 unspecified atom stereocenters. The van der Waals surface area contributed by atoms with E-state index in [-0.39, 0.29) is 17.1 Å². The first-order valence-corrected chi connectivity index (χ1v) is 11.3. The van der Waals surface area contributed by atoms with Crippen LogP contribution in [-0.2, 0) is 4.43 Å². The van der Waals surface area contributed by atoms with Crippen LogP contribution in [0.4, 0.5) is 0 Å². The van der Waals surface area contributed by atoms with Crippen molar-refractivity contribution < 1.29 is 9.53 Å². The van der Waals surface area contributed by atoms with Gasteiger partial charge in [0.1, 0.15) is 6.10 Å². The quantitative estimate of drug-likeness (QED) is 0.643. The van der Waals surface area contributed by atoms with Gasteiger partial charge in [0.05, 0.1) is 6.10 Å². The minimum absolute atomic E-state index is 0.0735. The van der Waals surface area contributed by atoms with Gasteiger partial charge in [0, 0.05) is 15.6 Å². The molecule has 1 aromatic carbocycles. The molecule has 0 fully saturated rings. The average molecular weight is 363 g/mol. The summed E-state index contributed by atoms with van der Waals surface area (Å²) in [5.74, 6) is 0.150. The lowest BCUT2D eigenvalue weighted by Gasteiger charge is -2.42. The van der Waals surface area contributed by atoms with Gasteiger partial charge < -0.3 is 9.53 Å². The summed E-state index contributed by atoms with van der Waals surface area (Å²) >= 11 is 12.5. The Morgan fingerprint density at radius 1 is 1.09 bits per heavy atom. The van der Waals surface area contributed by atoms with Crippen LogP contribution >= 0.6 is 23.2 Å².